The molecule has 2 aromatic rings. The van der Waals surface area contributed by atoms with E-state index in [2.05, 4.69) is 10.5 Å². The van der Waals surface area contributed by atoms with Crippen LogP contribution in [0.15, 0.2) is 22.0 Å². The van der Waals surface area contributed by atoms with Crippen molar-refractivity contribution in [3.63, 3.8) is 0 Å². The van der Waals surface area contributed by atoms with Crippen molar-refractivity contribution >= 4 is 27.1 Å². The molecule has 2 aromatic heterocycles. The molecule has 0 atom stereocenters. The maximum atomic E-state index is 12.1. The van der Waals surface area contributed by atoms with Crippen molar-refractivity contribution in [2.45, 2.75) is 31.8 Å². The number of amides is 1. The first kappa shape index (κ1) is 18.1. The minimum atomic E-state index is -3.14. The Hall–Kier alpha value is -1.75. The maximum Gasteiger partial charge on any atom is 0.263 e. The van der Waals surface area contributed by atoms with E-state index in [1.807, 2.05) is 18.4 Å². The molecule has 0 unspecified atom stereocenters. The number of rotatable bonds is 5. The zero-order chi connectivity index (χ0) is 18.1. The Kier molecular flexibility index (Phi) is 4.96. The highest BCUT2D eigenvalue weighted by atomic mass is 32.2. The quantitative estimate of drug-likeness (QED) is 0.523. The van der Waals surface area contributed by atoms with Gasteiger partial charge in [-0.25, -0.2) is 13.9 Å². The zero-order valence-corrected chi connectivity index (χ0v) is 15.2. The SMILES string of the molecule is Cc1csc(-c2cc(CNC3(C(=O)NO)CCS(=O)(=O)CC3)no2)c1. The minimum Gasteiger partial charge on any atom is -0.355 e. The van der Waals surface area contributed by atoms with Crippen LogP contribution in [0.3, 0.4) is 0 Å². The first-order chi connectivity index (χ1) is 11.8. The van der Waals surface area contributed by atoms with Gasteiger partial charge in [0, 0.05) is 12.6 Å². The molecule has 0 saturated carbocycles. The molecule has 1 aliphatic heterocycles. The van der Waals surface area contributed by atoms with Crippen LogP contribution >= 0.6 is 11.3 Å². The molecule has 3 N–H and O–H groups in total. The van der Waals surface area contributed by atoms with Crippen LogP contribution in [-0.2, 0) is 21.2 Å². The fourth-order valence-corrected chi connectivity index (χ4v) is 5.18. The van der Waals surface area contributed by atoms with E-state index in [1.54, 1.807) is 22.9 Å². The van der Waals surface area contributed by atoms with Crippen molar-refractivity contribution in [2.75, 3.05) is 11.5 Å². The summed E-state index contributed by atoms with van der Waals surface area (Å²) in [5.41, 5.74) is 2.23. The first-order valence-corrected chi connectivity index (χ1v) is 10.4. The number of nitrogens with zero attached hydrogens (tertiary/aromatic N) is 1. The van der Waals surface area contributed by atoms with E-state index in [0.717, 1.165) is 10.4 Å². The molecule has 8 nitrogen and oxygen atoms in total. The van der Waals surface area contributed by atoms with Crippen LogP contribution in [0.5, 0.6) is 0 Å². The molecule has 0 aliphatic carbocycles. The lowest BCUT2D eigenvalue weighted by Crippen LogP contribution is -2.59. The highest BCUT2D eigenvalue weighted by Crippen LogP contribution is 2.28. The van der Waals surface area contributed by atoms with Gasteiger partial charge in [-0.3, -0.25) is 15.3 Å². The molecular formula is C15H19N3O5S2. The normalized spacial score (nSPS) is 18.8. The fraction of sp³-hybridized carbons (Fsp3) is 0.467. The molecule has 0 aromatic carbocycles. The van der Waals surface area contributed by atoms with Crippen molar-refractivity contribution in [1.82, 2.24) is 16.0 Å². The molecule has 25 heavy (non-hydrogen) atoms. The Morgan fingerprint density at radius 3 is 2.72 bits per heavy atom. The molecule has 1 aliphatic rings. The van der Waals surface area contributed by atoms with Crippen LogP contribution < -0.4 is 10.8 Å². The van der Waals surface area contributed by atoms with Crippen LogP contribution in [-0.4, -0.2) is 41.7 Å². The molecule has 1 amide bonds. The Labute approximate surface area is 149 Å². The minimum absolute atomic E-state index is 0.0938. The Balaban J connectivity index is 1.72. The summed E-state index contributed by atoms with van der Waals surface area (Å²) in [6, 6.07) is 3.78. The van der Waals surface area contributed by atoms with Crippen molar-refractivity contribution < 1.29 is 22.9 Å². The van der Waals surface area contributed by atoms with Crippen LogP contribution in [0.4, 0.5) is 0 Å². The summed E-state index contributed by atoms with van der Waals surface area (Å²) < 4.78 is 28.6. The summed E-state index contributed by atoms with van der Waals surface area (Å²) in [5, 5.41) is 18.1. The summed E-state index contributed by atoms with van der Waals surface area (Å²) in [4.78, 5) is 13.1. The zero-order valence-electron chi connectivity index (χ0n) is 13.6. The molecule has 1 saturated heterocycles. The number of hydrogen-bond donors (Lipinski definition) is 3. The number of sulfone groups is 1. The number of hydroxylamine groups is 1. The molecule has 1 fully saturated rings. The summed E-state index contributed by atoms with van der Waals surface area (Å²) in [7, 11) is -3.14. The van der Waals surface area contributed by atoms with Gasteiger partial charge in [0.25, 0.3) is 5.91 Å². The Morgan fingerprint density at radius 2 is 2.12 bits per heavy atom. The van der Waals surface area contributed by atoms with Crippen molar-refractivity contribution in [3.05, 3.63) is 28.8 Å². The summed E-state index contributed by atoms with van der Waals surface area (Å²) >= 11 is 1.55. The Morgan fingerprint density at radius 1 is 1.40 bits per heavy atom. The molecule has 3 heterocycles. The second kappa shape index (κ2) is 6.87. The third kappa shape index (κ3) is 3.92. The third-order valence-corrected chi connectivity index (χ3v) is 7.07. The van der Waals surface area contributed by atoms with Gasteiger partial charge < -0.3 is 4.52 Å². The monoisotopic (exact) mass is 385 g/mol. The van der Waals surface area contributed by atoms with E-state index in [-0.39, 0.29) is 30.9 Å². The first-order valence-electron chi connectivity index (χ1n) is 7.75. The number of hydrogen-bond acceptors (Lipinski definition) is 8. The predicted molar refractivity (Wildman–Crippen MR) is 91.9 cm³/mol. The van der Waals surface area contributed by atoms with Crippen molar-refractivity contribution in [1.29, 1.82) is 0 Å². The number of aromatic nitrogens is 1. The largest absolute Gasteiger partial charge is 0.355 e. The molecule has 0 radical (unpaired) electrons. The fourth-order valence-electron chi connectivity index (χ4n) is 2.81. The van der Waals surface area contributed by atoms with E-state index in [9.17, 15) is 13.2 Å². The molecule has 136 valence electrons. The van der Waals surface area contributed by atoms with Gasteiger partial charge in [-0.1, -0.05) is 5.16 Å². The van der Waals surface area contributed by atoms with Crippen LogP contribution in [0.2, 0.25) is 0 Å². The van der Waals surface area contributed by atoms with Gasteiger partial charge in [0.2, 0.25) is 0 Å². The Bertz CT molecular complexity index is 857. The number of nitrogens with one attached hydrogen (secondary N) is 2. The van der Waals surface area contributed by atoms with Gasteiger partial charge in [-0.05, 0) is 36.8 Å². The predicted octanol–water partition coefficient (Wildman–Crippen LogP) is 1.25. The van der Waals surface area contributed by atoms with E-state index in [0.29, 0.717) is 11.5 Å². The van der Waals surface area contributed by atoms with Crippen LogP contribution in [0.25, 0.3) is 10.6 Å². The highest BCUT2D eigenvalue weighted by molar-refractivity contribution is 7.91. The van der Waals surface area contributed by atoms with E-state index >= 15 is 0 Å². The van der Waals surface area contributed by atoms with Gasteiger partial charge in [-0.15, -0.1) is 11.3 Å². The van der Waals surface area contributed by atoms with Crippen LogP contribution in [0, 0.1) is 6.92 Å². The number of aryl methyl sites for hydroxylation is 1. The second-order valence-electron chi connectivity index (χ2n) is 6.20. The average Bonchev–Trinajstić information content (AvgIpc) is 3.22. The third-order valence-electron chi connectivity index (χ3n) is 4.36. The maximum absolute atomic E-state index is 12.1. The number of carbonyl (C=O) groups is 1. The van der Waals surface area contributed by atoms with Gasteiger partial charge in [0.1, 0.15) is 15.4 Å². The van der Waals surface area contributed by atoms with Gasteiger partial charge >= 0.3 is 0 Å². The van der Waals surface area contributed by atoms with Crippen molar-refractivity contribution in [2.24, 2.45) is 0 Å². The molecule has 3 rings (SSSR count). The topological polar surface area (TPSA) is 122 Å². The van der Waals surface area contributed by atoms with Gasteiger partial charge in [-0.2, -0.15) is 0 Å². The summed E-state index contributed by atoms with van der Waals surface area (Å²) in [5.74, 6) is -0.209. The van der Waals surface area contributed by atoms with Crippen molar-refractivity contribution in [3.8, 4) is 10.6 Å². The highest BCUT2D eigenvalue weighted by Gasteiger charge is 2.43. The lowest BCUT2D eigenvalue weighted by molar-refractivity contribution is -0.136. The second-order valence-corrected chi connectivity index (χ2v) is 9.41. The summed E-state index contributed by atoms with van der Waals surface area (Å²) in [6.45, 7) is 2.22. The van der Waals surface area contributed by atoms with E-state index in [4.69, 9.17) is 9.73 Å². The smallest absolute Gasteiger partial charge is 0.263 e. The van der Waals surface area contributed by atoms with Gasteiger partial charge in [0.15, 0.2) is 5.76 Å². The van der Waals surface area contributed by atoms with E-state index in [1.165, 1.54) is 0 Å². The standard InChI is InChI=1S/C15H19N3O5S2/c1-10-6-13(24-9-10)12-7-11(18-23-12)8-16-15(14(19)17-20)2-4-25(21,22)5-3-15/h6-7,9,16,20H,2-5,8H2,1H3,(H,17,19). The van der Waals surface area contributed by atoms with E-state index < -0.39 is 21.3 Å². The summed E-state index contributed by atoms with van der Waals surface area (Å²) in [6.07, 6.45) is 0.188. The lowest BCUT2D eigenvalue weighted by Gasteiger charge is -2.35. The number of thiophene rings is 1. The average molecular weight is 385 g/mol. The molecular weight excluding hydrogens is 366 g/mol. The van der Waals surface area contributed by atoms with Gasteiger partial charge in [0.05, 0.1) is 22.1 Å². The molecule has 0 bridgehead atoms. The van der Waals surface area contributed by atoms with Crippen LogP contribution in [0.1, 0.15) is 24.1 Å². The number of carbonyl (C=O) groups excluding carboxylic acids is 1. The lowest BCUT2D eigenvalue weighted by atomic mass is 9.91. The molecule has 0 spiro atoms. The molecule has 10 heteroatoms.